The molecule has 2 aromatic carbocycles. The van der Waals surface area contributed by atoms with Gasteiger partial charge in [0.25, 0.3) is 0 Å². The van der Waals surface area contributed by atoms with Crippen molar-refractivity contribution in [2.75, 3.05) is 5.73 Å². The van der Waals surface area contributed by atoms with Crippen LogP contribution in [0.5, 0.6) is 0 Å². The lowest BCUT2D eigenvalue weighted by Crippen LogP contribution is -2.30. The Labute approximate surface area is 126 Å². The smallest absolute Gasteiger partial charge is 0.0991 e. The van der Waals surface area contributed by atoms with Crippen LogP contribution in [0.15, 0.2) is 48.5 Å². The van der Waals surface area contributed by atoms with E-state index in [1.165, 1.54) is 0 Å². The molecule has 21 heavy (non-hydrogen) atoms. The summed E-state index contributed by atoms with van der Waals surface area (Å²) in [7, 11) is 0. The van der Waals surface area contributed by atoms with Gasteiger partial charge in [-0.15, -0.1) is 0 Å². The Morgan fingerprint density at radius 1 is 1.10 bits per heavy atom. The minimum atomic E-state index is 0.398. The van der Waals surface area contributed by atoms with Gasteiger partial charge >= 0.3 is 0 Å². The quantitative estimate of drug-likeness (QED) is 0.852. The Hall–Kier alpha value is -2.31. The van der Waals surface area contributed by atoms with E-state index in [0.29, 0.717) is 11.6 Å². The van der Waals surface area contributed by atoms with Crippen LogP contribution >= 0.6 is 0 Å². The van der Waals surface area contributed by atoms with Gasteiger partial charge in [-0.2, -0.15) is 5.26 Å². The fraction of sp³-hybridized carbons (Fsp3) is 0.278. The second kappa shape index (κ2) is 6.92. The molecule has 2 N–H and O–H groups in total. The van der Waals surface area contributed by atoms with Crippen molar-refractivity contribution in [3.05, 3.63) is 65.2 Å². The van der Waals surface area contributed by atoms with Crippen molar-refractivity contribution in [1.82, 2.24) is 4.90 Å². The zero-order valence-electron chi connectivity index (χ0n) is 12.6. The average Bonchev–Trinajstić information content (AvgIpc) is 2.49. The van der Waals surface area contributed by atoms with E-state index in [1.54, 1.807) is 0 Å². The summed E-state index contributed by atoms with van der Waals surface area (Å²) in [6.45, 7) is 5.96. The molecule has 0 saturated carbocycles. The molecular weight excluding hydrogens is 258 g/mol. The van der Waals surface area contributed by atoms with E-state index >= 15 is 0 Å². The van der Waals surface area contributed by atoms with Crippen LogP contribution < -0.4 is 5.73 Å². The number of hydrogen-bond acceptors (Lipinski definition) is 3. The van der Waals surface area contributed by atoms with Crippen molar-refractivity contribution in [2.24, 2.45) is 0 Å². The van der Waals surface area contributed by atoms with Gasteiger partial charge in [0, 0.05) is 24.8 Å². The zero-order valence-corrected chi connectivity index (χ0v) is 12.6. The number of nitriles is 1. The molecule has 0 bridgehead atoms. The molecule has 0 unspecified atom stereocenters. The van der Waals surface area contributed by atoms with Crippen LogP contribution in [0.3, 0.4) is 0 Å². The number of rotatable bonds is 5. The van der Waals surface area contributed by atoms with Crippen LogP contribution in [-0.2, 0) is 13.1 Å². The van der Waals surface area contributed by atoms with Gasteiger partial charge in [-0.05, 0) is 43.2 Å². The lowest BCUT2D eigenvalue weighted by Gasteiger charge is -2.27. The normalized spacial score (nSPS) is 10.8. The number of nitrogens with two attached hydrogens (primary N) is 1. The van der Waals surface area contributed by atoms with Gasteiger partial charge in [-0.1, -0.05) is 30.3 Å². The van der Waals surface area contributed by atoms with Crippen molar-refractivity contribution in [2.45, 2.75) is 33.0 Å². The van der Waals surface area contributed by atoms with Gasteiger partial charge in [0.1, 0.15) is 0 Å². The first-order valence-corrected chi connectivity index (χ1v) is 7.16. The van der Waals surface area contributed by atoms with Crippen molar-refractivity contribution in [3.63, 3.8) is 0 Å². The molecule has 0 amide bonds. The molecule has 0 aliphatic carbocycles. The second-order valence-electron chi connectivity index (χ2n) is 5.51. The highest BCUT2D eigenvalue weighted by atomic mass is 15.1. The van der Waals surface area contributed by atoms with E-state index in [-0.39, 0.29) is 0 Å². The fourth-order valence-electron chi connectivity index (χ4n) is 2.29. The first-order chi connectivity index (χ1) is 10.1. The van der Waals surface area contributed by atoms with E-state index in [1.807, 2.05) is 36.4 Å². The first kappa shape index (κ1) is 15.1. The molecular formula is C18H21N3. The highest BCUT2D eigenvalue weighted by molar-refractivity contribution is 5.46. The van der Waals surface area contributed by atoms with Crippen LogP contribution in [0, 0.1) is 11.3 Å². The van der Waals surface area contributed by atoms with Crippen molar-refractivity contribution in [3.8, 4) is 6.07 Å². The van der Waals surface area contributed by atoms with E-state index in [4.69, 9.17) is 11.0 Å². The third-order valence-electron chi connectivity index (χ3n) is 3.60. The maximum atomic E-state index is 9.00. The molecule has 0 saturated heterocycles. The molecule has 3 nitrogen and oxygen atoms in total. The topological polar surface area (TPSA) is 53.0 Å². The SMILES string of the molecule is CC(C)N(Cc1cccc(C#N)c1)Cc1ccccc1N. The third kappa shape index (κ3) is 4.08. The fourth-order valence-corrected chi connectivity index (χ4v) is 2.29. The molecule has 108 valence electrons. The number of nitrogen functional groups attached to an aromatic ring is 1. The van der Waals surface area contributed by atoms with Gasteiger partial charge in [-0.3, -0.25) is 4.90 Å². The second-order valence-corrected chi connectivity index (χ2v) is 5.51. The summed E-state index contributed by atoms with van der Waals surface area (Å²) in [5.41, 5.74) is 9.86. The molecule has 0 atom stereocenters. The van der Waals surface area contributed by atoms with E-state index < -0.39 is 0 Å². The molecule has 0 radical (unpaired) electrons. The van der Waals surface area contributed by atoms with Crippen molar-refractivity contribution >= 4 is 5.69 Å². The first-order valence-electron chi connectivity index (χ1n) is 7.16. The molecule has 0 aromatic heterocycles. The predicted molar refractivity (Wildman–Crippen MR) is 86.4 cm³/mol. The van der Waals surface area contributed by atoms with Crippen molar-refractivity contribution in [1.29, 1.82) is 5.26 Å². The lowest BCUT2D eigenvalue weighted by molar-refractivity contribution is 0.204. The minimum Gasteiger partial charge on any atom is -0.398 e. The molecule has 0 aliphatic heterocycles. The summed E-state index contributed by atoms with van der Waals surface area (Å²) < 4.78 is 0. The van der Waals surface area contributed by atoms with Crippen molar-refractivity contribution < 1.29 is 0 Å². The Bertz CT molecular complexity index is 641. The van der Waals surface area contributed by atoms with Crippen LogP contribution in [0.2, 0.25) is 0 Å². The van der Waals surface area contributed by atoms with Crippen LogP contribution in [0.1, 0.15) is 30.5 Å². The van der Waals surface area contributed by atoms with Gasteiger partial charge < -0.3 is 5.73 Å². The summed E-state index contributed by atoms with van der Waals surface area (Å²) in [5.74, 6) is 0. The Kier molecular flexibility index (Phi) is 4.97. The van der Waals surface area contributed by atoms with Gasteiger partial charge in [0.15, 0.2) is 0 Å². The van der Waals surface area contributed by atoms with Gasteiger partial charge in [0.05, 0.1) is 11.6 Å². The number of para-hydroxylation sites is 1. The van der Waals surface area contributed by atoms with E-state index in [0.717, 1.165) is 29.9 Å². The zero-order chi connectivity index (χ0) is 15.2. The highest BCUT2D eigenvalue weighted by Crippen LogP contribution is 2.18. The summed E-state index contributed by atoms with van der Waals surface area (Å²) in [6.07, 6.45) is 0. The lowest BCUT2D eigenvalue weighted by atomic mass is 10.1. The van der Waals surface area contributed by atoms with Crippen LogP contribution in [0.4, 0.5) is 5.69 Å². The summed E-state index contributed by atoms with van der Waals surface area (Å²) >= 11 is 0. The Balaban J connectivity index is 2.16. The molecule has 3 heteroatoms. The maximum Gasteiger partial charge on any atom is 0.0991 e. The Morgan fingerprint density at radius 2 is 1.86 bits per heavy atom. The monoisotopic (exact) mass is 279 g/mol. The van der Waals surface area contributed by atoms with E-state index in [2.05, 4.69) is 36.9 Å². The Morgan fingerprint density at radius 3 is 2.52 bits per heavy atom. The molecule has 0 fully saturated rings. The molecule has 2 rings (SSSR count). The molecule has 2 aromatic rings. The van der Waals surface area contributed by atoms with Crippen LogP contribution in [-0.4, -0.2) is 10.9 Å². The van der Waals surface area contributed by atoms with E-state index in [9.17, 15) is 0 Å². The van der Waals surface area contributed by atoms with Gasteiger partial charge in [0.2, 0.25) is 0 Å². The maximum absolute atomic E-state index is 9.00. The number of hydrogen-bond donors (Lipinski definition) is 1. The predicted octanol–water partition coefficient (Wildman–Crippen LogP) is 3.55. The summed E-state index contributed by atoms with van der Waals surface area (Å²) in [6, 6.07) is 18.3. The minimum absolute atomic E-state index is 0.398. The largest absolute Gasteiger partial charge is 0.398 e. The van der Waals surface area contributed by atoms with Crippen LogP contribution in [0.25, 0.3) is 0 Å². The molecule has 0 heterocycles. The summed E-state index contributed by atoms with van der Waals surface area (Å²) in [5, 5.41) is 9.00. The molecule has 0 spiro atoms. The third-order valence-corrected chi connectivity index (χ3v) is 3.60. The summed E-state index contributed by atoms with van der Waals surface area (Å²) in [4.78, 5) is 2.35. The average molecular weight is 279 g/mol. The van der Waals surface area contributed by atoms with Gasteiger partial charge in [-0.25, -0.2) is 0 Å². The molecule has 0 aliphatic rings. The number of nitrogens with zero attached hydrogens (tertiary/aromatic N) is 2. The number of anilines is 1. The highest BCUT2D eigenvalue weighted by Gasteiger charge is 2.12. The number of benzene rings is 2. The standard InChI is InChI=1S/C18H21N3/c1-14(2)21(13-17-8-3-4-9-18(17)20)12-16-7-5-6-15(10-16)11-19/h3-10,14H,12-13,20H2,1-2H3.